The number of hydrogen-bond donors (Lipinski definition) is 3. The molecule has 11 nitrogen and oxygen atoms in total. The Morgan fingerprint density at radius 3 is 2.58 bits per heavy atom. The molecule has 15 heteroatoms. The van der Waals surface area contributed by atoms with Gasteiger partial charge in [0.2, 0.25) is 16.0 Å². The van der Waals surface area contributed by atoms with Crippen molar-refractivity contribution in [2.75, 3.05) is 50.7 Å². The minimum absolute atomic E-state index is 0.0344. The largest absolute Gasteiger partial charge is 0.495 e. The summed E-state index contributed by atoms with van der Waals surface area (Å²) in [5.74, 6) is -0.539. The zero-order valence-corrected chi connectivity index (χ0v) is 25.7. The summed E-state index contributed by atoms with van der Waals surface area (Å²) in [5, 5.41) is 8.85. The molecule has 4 rings (SSSR count). The maximum atomic E-state index is 14.0. The summed E-state index contributed by atoms with van der Waals surface area (Å²) in [7, 11) is -0.145. The highest BCUT2D eigenvalue weighted by molar-refractivity contribution is 7.88. The van der Waals surface area contributed by atoms with Gasteiger partial charge < -0.3 is 25.6 Å². The van der Waals surface area contributed by atoms with Crippen LogP contribution >= 0.6 is 0 Å². The van der Waals surface area contributed by atoms with Gasteiger partial charge in [-0.2, -0.15) is 22.5 Å². The molecule has 2 fully saturated rings. The average molecular weight is 628 g/mol. The molecule has 1 saturated carbocycles. The van der Waals surface area contributed by atoms with Crippen LogP contribution in [0, 0.1) is 0 Å². The van der Waals surface area contributed by atoms with Gasteiger partial charge in [0.1, 0.15) is 17.1 Å². The van der Waals surface area contributed by atoms with Crippen molar-refractivity contribution in [3.8, 4) is 5.75 Å². The monoisotopic (exact) mass is 627 g/mol. The maximum Gasteiger partial charge on any atom is 0.421 e. The Morgan fingerprint density at radius 1 is 1.19 bits per heavy atom. The number of piperidine rings is 1. The number of likely N-dealkylation sites (N-methyl/N-ethyl adjacent to an activating group) is 2. The standard InChI is InChI=1S/C28H40F3N7O4S/c1-5-38(43(4,40)41)23-11-7-6-10-21(23)34-25-20(28(29,30)31)16-32-27(36-25)35-22-13-12-18(15-24(22)42-3)26(39)33-19-9-8-14-37(2)17-19/h12-13,15-16,19,21,23H,5-11,14,17H2,1-4H3,(H,33,39)(H2,32,34,35,36). The number of carbonyl (C=O) groups excluding carboxylic acids is 1. The van der Waals surface area contributed by atoms with E-state index in [1.54, 1.807) is 25.1 Å². The molecule has 1 aliphatic heterocycles. The van der Waals surface area contributed by atoms with Gasteiger partial charge in [0.25, 0.3) is 5.91 Å². The number of nitrogens with one attached hydrogen (secondary N) is 3. The molecule has 3 atom stereocenters. The van der Waals surface area contributed by atoms with Crippen LogP contribution in [-0.4, -0.2) is 91.7 Å². The first-order valence-corrected chi connectivity index (χ1v) is 16.3. The Kier molecular flexibility index (Phi) is 10.4. The third-order valence-electron chi connectivity index (χ3n) is 7.92. The van der Waals surface area contributed by atoms with E-state index in [2.05, 4.69) is 30.8 Å². The molecule has 43 heavy (non-hydrogen) atoms. The number of hydrogen-bond acceptors (Lipinski definition) is 9. The van der Waals surface area contributed by atoms with E-state index in [9.17, 15) is 26.4 Å². The van der Waals surface area contributed by atoms with Crippen molar-refractivity contribution in [1.82, 2.24) is 24.5 Å². The molecule has 3 unspecified atom stereocenters. The Balaban J connectivity index is 1.57. The van der Waals surface area contributed by atoms with Crippen LogP contribution in [0.2, 0.25) is 0 Å². The van der Waals surface area contributed by atoms with E-state index in [1.807, 2.05) is 7.05 Å². The fourth-order valence-electron chi connectivity index (χ4n) is 5.88. The van der Waals surface area contributed by atoms with Crippen LogP contribution < -0.4 is 20.7 Å². The number of ether oxygens (including phenoxy) is 1. The molecule has 2 heterocycles. The van der Waals surface area contributed by atoms with Crippen LogP contribution in [0.5, 0.6) is 5.75 Å². The van der Waals surface area contributed by atoms with Crippen molar-refractivity contribution in [1.29, 1.82) is 0 Å². The fraction of sp³-hybridized carbons (Fsp3) is 0.607. The molecular weight excluding hydrogens is 587 g/mol. The van der Waals surface area contributed by atoms with Crippen molar-refractivity contribution in [2.45, 2.75) is 69.8 Å². The van der Waals surface area contributed by atoms with Crippen molar-refractivity contribution >= 4 is 33.4 Å². The maximum absolute atomic E-state index is 14.0. The highest BCUT2D eigenvalue weighted by Gasteiger charge is 2.39. The zero-order valence-electron chi connectivity index (χ0n) is 24.9. The fourth-order valence-corrected chi connectivity index (χ4v) is 7.10. The quantitative estimate of drug-likeness (QED) is 0.357. The number of sulfonamides is 1. The summed E-state index contributed by atoms with van der Waals surface area (Å²) in [6, 6.07) is 3.65. The molecule has 238 valence electrons. The Bertz CT molecular complexity index is 1390. The number of aromatic nitrogens is 2. The van der Waals surface area contributed by atoms with Gasteiger partial charge in [-0.1, -0.05) is 19.8 Å². The predicted octanol–water partition coefficient (Wildman–Crippen LogP) is 4.08. The Morgan fingerprint density at radius 2 is 1.93 bits per heavy atom. The van der Waals surface area contributed by atoms with Gasteiger partial charge in [0.05, 0.1) is 19.1 Å². The van der Waals surface area contributed by atoms with E-state index >= 15 is 0 Å². The molecule has 2 aromatic rings. The van der Waals surface area contributed by atoms with Crippen LogP contribution in [0.3, 0.4) is 0 Å². The Labute approximate surface area is 250 Å². The molecule has 3 N–H and O–H groups in total. The zero-order chi connectivity index (χ0) is 31.4. The highest BCUT2D eigenvalue weighted by Crippen LogP contribution is 2.37. The van der Waals surface area contributed by atoms with Crippen LogP contribution in [0.25, 0.3) is 0 Å². The van der Waals surface area contributed by atoms with Gasteiger partial charge in [0, 0.05) is 43.0 Å². The minimum Gasteiger partial charge on any atom is -0.495 e. The summed E-state index contributed by atoms with van der Waals surface area (Å²) in [6.07, 6.45) is 1.44. The first-order chi connectivity index (χ1) is 20.3. The van der Waals surface area contributed by atoms with Gasteiger partial charge in [0.15, 0.2) is 0 Å². The normalized spacial score (nSPS) is 21.8. The number of alkyl halides is 3. The molecule has 0 bridgehead atoms. The SMILES string of the molecule is CCN(C1CCCCC1Nc1nc(Nc2ccc(C(=O)NC3CCCN(C)C3)cc2OC)ncc1C(F)(F)F)S(C)(=O)=O. The first kappa shape index (κ1) is 32.7. The summed E-state index contributed by atoms with van der Waals surface area (Å²) in [4.78, 5) is 23.1. The molecule has 1 aromatic carbocycles. The topological polar surface area (TPSA) is 129 Å². The molecule has 0 radical (unpaired) electrons. The lowest BCUT2D eigenvalue weighted by Crippen LogP contribution is -2.51. The third-order valence-corrected chi connectivity index (χ3v) is 9.30. The third kappa shape index (κ3) is 8.26. The minimum atomic E-state index is -4.74. The number of anilines is 3. The molecule has 1 aliphatic carbocycles. The van der Waals surface area contributed by atoms with Gasteiger partial charge in [-0.3, -0.25) is 4.79 Å². The van der Waals surface area contributed by atoms with Crippen LogP contribution in [0.15, 0.2) is 24.4 Å². The van der Waals surface area contributed by atoms with E-state index in [1.165, 1.54) is 11.4 Å². The van der Waals surface area contributed by atoms with Crippen LogP contribution in [0.1, 0.15) is 61.4 Å². The van der Waals surface area contributed by atoms with E-state index in [0.29, 0.717) is 30.3 Å². The second-order valence-electron chi connectivity index (χ2n) is 11.1. The number of likely N-dealkylation sites (tertiary alicyclic amines) is 1. The van der Waals surface area contributed by atoms with E-state index in [4.69, 9.17) is 4.74 Å². The molecule has 1 amide bonds. The second-order valence-corrected chi connectivity index (χ2v) is 13.1. The smallest absolute Gasteiger partial charge is 0.421 e. The lowest BCUT2D eigenvalue weighted by atomic mass is 9.90. The molecule has 2 aliphatic rings. The van der Waals surface area contributed by atoms with Gasteiger partial charge in [-0.25, -0.2) is 13.4 Å². The molecule has 0 spiro atoms. The van der Waals surface area contributed by atoms with Crippen molar-refractivity contribution < 1.29 is 31.1 Å². The molecule has 1 saturated heterocycles. The summed E-state index contributed by atoms with van der Waals surface area (Å²) in [6.45, 7) is 3.66. The average Bonchev–Trinajstić information content (AvgIpc) is 2.93. The van der Waals surface area contributed by atoms with Crippen LogP contribution in [0.4, 0.5) is 30.6 Å². The Hall–Kier alpha value is -3.17. The number of halogens is 3. The van der Waals surface area contributed by atoms with Gasteiger partial charge >= 0.3 is 6.18 Å². The van der Waals surface area contributed by atoms with Gasteiger partial charge in [-0.05, 0) is 57.5 Å². The lowest BCUT2D eigenvalue weighted by Gasteiger charge is -2.39. The number of amides is 1. The van der Waals surface area contributed by atoms with Crippen molar-refractivity contribution in [3.63, 3.8) is 0 Å². The summed E-state index contributed by atoms with van der Waals surface area (Å²) in [5.41, 5.74) is -0.329. The first-order valence-electron chi connectivity index (χ1n) is 14.4. The molecular formula is C28H40F3N7O4S. The predicted molar refractivity (Wildman–Crippen MR) is 158 cm³/mol. The number of carbonyl (C=O) groups is 1. The number of nitrogens with zero attached hydrogens (tertiary/aromatic N) is 4. The van der Waals surface area contributed by atoms with E-state index in [0.717, 1.165) is 45.0 Å². The number of methoxy groups -OCH3 is 1. The van der Waals surface area contributed by atoms with E-state index in [-0.39, 0.29) is 30.2 Å². The summed E-state index contributed by atoms with van der Waals surface area (Å²) < 4.78 is 73.6. The summed E-state index contributed by atoms with van der Waals surface area (Å²) >= 11 is 0. The second kappa shape index (κ2) is 13.6. The van der Waals surface area contributed by atoms with Gasteiger partial charge in [-0.15, -0.1) is 0 Å². The van der Waals surface area contributed by atoms with Crippen LogP contribution in [-0.2, 0) is 16.2 Å². The highest BCUT2D eigenvalue weighted by atomic mass is 32.2. The number of benzene rings is 1. The lowest BCUT2D eigenvalue weighted by molar-refractivity contribution is -0.137. The molecule has 1 aromatic heterocycles. The number of rotatable bonds is 10. The van der Waals surface area contributed by atoms with E-state index < -0.39 is 39.7 Å². The van der Waals surface area contributed by atoms with Crippen molar-refractivity contribution in [3.05, 3.63) is 35.5 Å². The van der Waals surface area contributed by atoms with Crippen molar-refractivity contribution in [2.24, 2.45) is 0 Å².